The maximum Gasteiger partial charge on any atom is 0.0761 e. The SMILES string of the molecule is C=C(C)/C(=C/[C]1[CH][CH][CH][CH]1)C(C)O. The Balaban J connectivity index is 2.67. The smallest absolute Gasteiger partial charge is 0.0761 e. The standard InChI is InChI=1S/C12H15O/c1-9(2)12(10(3)13)8-11-6-4-5-7-11/h4-8,10,13H,1H2,2-3H3/b12-8-. The molecule has 1 aliphatic rings. The van der Waals surface area contributed by atoms with Crippen molar-refractivity contribution >= 4 is 0 Å². The largest absolute Gasteiger partial charge is 0.389 e. The molecule has 1 aliphatic carbocycles. The van der Waals surface area contributed by atoms with Gasteiger partial charge in [-0.05, 0) is 45.1 Å². The zero-order valence-corrected chi connectivity index (χ0v) is 8.12. The minimum Gasteiger partial charge on any atom is -0.389 e. The first-order valence-electron chi connectivity index (χ1n) is 4.38. The van der Waals surface area contributed by atoms with Gasteiger partial charge in [0.25, 0.3) is 0 Å². The van der Waals surface area contributed by atoms with Crippen LogP contribution in [0.4, 0.5) is 0 Å². The highest BCUT2D eigenvalue weighted by molar-refractivity contribution is 5.47. The Morgan fingerprint density at radius 3 is 2.38 bits per heavy atom. The average Bonchev–Trinajstić information content (AvgIpc) is 2.50. The van der Waals surface area contributed by atoms with Crippen molar-refractivity contribution < 1.29 is 5.11 Å². The predicted molar refractivity (Wildman–Crippen MR) is 55.0 cm³/mol. The summed E-state index contributed by atoms with van der Waals surface area (Å²) in [4.78, 5) is 0. The molecule has 1 atom stereocenters. The third-order valence-electron chi connectivity index (χ3n) is 1.95. The van der Waals surface area contributed by atoms with Crippen LogP contribution >= 0.6 is 0 Å². The second-order valence-corrected chi connectivity index (χ2v) is 3.27. The van der Waals surface area contributed by atoms with E-state index in [2.05, 4.69) is 6.58 Å². The van der Waals surface area contributed by atoms with E-state index in [1.54, 1.807) is 6.92 Å². The highest BCUT2D eigenvalue weighted by atomic mass is 16.3. The lowest BCUT2D eigenvalue weighted by Crippen LogP contribution is -2.07. The van der Waals surface area contributed by atoms with E-state index in [0.717, 1.165) is 17.1 Å². The van der Waals surface area contributed by atoms with Crippen LogP contribution in [0.1, 0.15) is 13.8 Å². The molecule has 0 aromatic rings. The summed E-state index contributed by atoms with van der Waals surface area (Å²) in [7, 11) is 0. The number of allylic oxidation sites excluding steroid dienone is 1. The van der Waals surface area contributed by atoms with Crippen LogP contribution in [-0.4, -0.2) is 11.2 Å². The maximum atomic E-state index is 9.45. The van der Waals surface area contributed by atoms with Gasteiger partial charge in [-0.2, -0.15) is 0 Å². The van der Waals surface area contributed by atoms with Crippen LogP contribution in [0.3, 0.4) is 0 Å². The van der Waals surface area contributed by atoms with Gasteiger partial charge in [0.05, 0.1) is 6.10 Å². The van der Waals surface area contributed by atoms with E-state index >= 15 is 0 Å². The van der Waals surface area contributed by atoms with Gasteiger partial charge in [-0.15, -0.1) is 0 Å². The van der Waals surface area contributed by atoms with E-state index in [9.17, 15) is 5.11 Å². The third-order valence-corrected chi connectivity index (χ3v) is 1.95. The summed E-state index contributed by atoms with van der Waals surface area (Å²) >= 11 is 0. The second kappa shape index (κ2) is 4.61. The van der Waals surface area contributed by atoms with Crippen LogP contribution < -0.4 is 0 Å². The topological polar surface area (TPSA) is 20.2 Å². The molecule has 1 rings (SSSR count). The Labute approximate surface area is 81.2 Å². The zero-order chi connectivity index (χ0) is 9.84. The monoisotopic (exact) mass is 175 g/mol. The molecule has 0 bridgehead atoms. The highest BCUT2D eigenvalue weighted by Gasteiger charge is 2.16. The van der Waals surface area contributed by atoms with Crippen molar-refractivity contribution in [3.8, 4) is 0 Å². The molecule has 69 valence electrons. The minimum atomic E-state index is -0.451. The fourth-order valence-electron chi connectivity index (χ4n) is 1.27. The van der Waals surface area contributed by atoms with Crippen LogP contribution in [0.25, 0.3) is 0 Å². The van der Waals surface area contributed by atoms with Crippen molar-refractivity contribution in [2.75, 3.05) is 0 Å². The van der Waals surface area contributed by atoms with Gasteiger partial charge in [0, 0.05) is 5.92 Å². The van der Waals surface area contributed by atoms with E-state index in [1.807, 2.05) is 38.7 Å². The molecule has 1 unspecified atom stereocenters. The summed E-state index contributed by atoms with van der Waals surface area (Å²) in [5.41, 5.74) is 1.81. The number of aliphatic hydroxyl groups is 1. The molecule has 0 aromatic carbocycles. The lowest BCUT2D eigenvalue weighted by molar-refractivity contribution is 0.233. The van der Waals surface area contributed by atoms with Gasteiger partial charge in [0.15, 0.2) is 0 Å². The lowest BCUT2D eigenvalue weighted by atomic mass is 9.97. The molecule has 1 saturated carbocycles. The third kappa shape index (κ3) is 3.00. The molecular weight excluding hydrogens is 160 g/mol. The van der Waals surface area contributed by atoms with Gasteiger partial charge >= 0.3 is 0 Å². The Morgan fingerprint density at radius 1 is 1.46 bits per heavy atom. The van der Waals surface area contributed by atoms with Crippen LogP contribution in [0.5, 0.6) is 0 Å². The number of aliphatic hydroxyl groups excluding tert-OH is 1. The number of rotatable bonds is 3. The van der Waals surface area contributed by atoms with Crippen molar-refractivity contribution in [2.45, 2.75) is 20.0 Å². The van der Waals surface area contributed by atoms with Crippen LogP contribution in [-0.2, 0) is 0 Å². The average molecular weight is 175 g/mol. The van der Waals surface area contributed by atoms with Crippen LogP contribution in [0.2, 0.25) is 0 Å². The summed E-state index contributed by atoms with van der Waals surface area (Å²) in [5.74, 6) is 1.11. The van der Waals surface area contributed by atoms with E-state index in [1.165, 1.54) is 0 Å². The molecule has 0 spiro atoms. The molecule has 13 heavy (non-hydrogen) atoms. The molecule has 0 heterocycles. The molecule has 0 saturated heterocycles. The molecule has 1 nitrogen and oxygen atoms in total. The fourth-order valence-corrected chi connectivity index (χ4v) is 1.27. The molecule has 1 fully saturated rings. The first-order chi connectivity index (χ1) is 6.11. The van der Waals surface area contributed by atoms with E-state index in [-0.39, 0.29) is 0 Å². The van der Waals surface area contributed by atoms with Gasteiger partial charge in [-0.3, -0.25) is 0 Å². The molecule has 0 amide bonds. The van der Waals surface area contributed by atoms with Gasteiger partial charge < -0.3 is 5.11 Å². The Hall–Kier alpha value is -0.560. The maximum absolute atomic E-state index is 9.45. The van der Waals surface area contributed by atoms with Crippen molar-refractivity contribution in [1.29, 1.82) is 0 Å². The zero-order valence-electron chi connectivity index (χ0n) is 8.12. The van der Waals surface area contributed by atoms with Crippen LogP contribution in [0.15, 0.2) is 23.8 Å². The number of hydrogen-bond acceptors (Lipinski definition) is 1. The van der Waals surface area contributed by atoms with E-state index in [4.69, 9.17) is 0 Å². The Bertz CT molecular complexity index is 207. The van der Waals surface area contributed by atoms with E-state index in [0.29, 0.717) is 0 Å². The molecule has 1 N–H and O–H groups in total. The molecule has 0 aromatic heterocycles. The summed E-state index contributed by atoms with van der Waals surface area (Å²) in [6.45, 7) is 7.49. The fraction of sp³-hybridized carbons (Fsp3) is 0.250. The predicted octanol–water partition coefficient (Wildman–Crippen LogP) is 2.27. The van der Waals surface area contributed by atoms with E-state index < -0.39 is 6.10 Å². The Kier molecular flexibility index (Phi) is 3.73. The molecule has 0 aliphatic heterocycles. The summed E-state index contributed by atoms with van der Waals surface area (Å²) in [5, 5.41) is 9.45. The first-order valence-corrected chi connectivity index (χ1v) is 4.38. The highest BCUT2D eigenvalue weighted by Crippen LogP contribution is 2.27. The first kappa shape index (κ1) is 10.5. The van der Waals surface area contributed by atoms with Crippen molar-refractivity contribution in [3.63, 3.8) is 0 Å². The summed E-state index contributed by atoms with van der Waals surface area (Å²) < 4.78 is 0. The summed E-state index contributed by atoms with van der Waals surface area (Å²) in [6.07, 6.45) is 9.48. The van der Waals surface area contributed by atoms with Crippen molar-refractivity contribution in [3.05, 3.63) is 55.4 Å². The quantitative estimate of drug-likeness (QED) is 0.652. The van der Waals surface area contributed by atoms with Crippen LogP contribution in [0, 0.1) is 31.6 Å². The second-order valence-electron chi connectivity index (χ2n) is 3.27. The van der Waals surface area contributed by atoms with Gasteiger partial charge in [-0.25, -0.2) is 0 Å². The summed E-state index contributed by atoms with van der Waals surface area (Å²) in [6, 6.07) is 0. The minimum absolute atomic E-state index is 0.451. The lowest BCUT2D eigenvalue weighted by Gasteiger charge is -2.12. The normalized spacial score (nSPS) is 21.9. The molecular formula is C12H15O. The van der Waals surface area contributed by atoms with Crippen molar-refractivity contribution in [2.24, 2.45) is 0 Å². The van der Waals surface area contributed by atoms with Gasteiger partial charge in [0.1, 0.15) is 0 Å². The number of hydrogen-bond donors (Lipinski definition) is 1. The van der Waals surface area contributed by atoms with Gasteiger partial charge in [0.2, 0.25) is 0 Å². The van der Waals surface area contributed by atoms with Gasteiger partial charge in [-0.1, -0.05) is 18.2 Å². The van der Waals surface area contributed by atoms with Crippen molar-refractivity contribution in [1.82, 2.24) is 0 Å². The Morgan fingerprint density at radius 2 is 2.00 bits per heavy atom. The molecule has 1 heteroatoms. The molecule has 5 radical (unpaired) electrons.